The number of nitriles is 1. The van der Waals surface area contributed by atoms with Crippen LogP contribution in [-0.4, -0.2) is 11.5 Å². The SMILES string of the molecule is CCCN(Cc1cccc(N)c1)c1nccc(C#N)c1Cl. The first kappa shape index (κ1) is 15.1. The van der Waals surface area contributed by atoms with E-state index >= 15 is 0 Å². The van der Waals surface area contributed by atoms with Gasteiger partial charge in [-0.1, -0.05) is 30.7 Å². The van der Waals surface area contributed by atoms with Gasteiger partial charge in [-0.25, -0.2) is 4.98 Å². The molecular weight excluding hydrogens is 284 g/mol. The summed E-state index contributed by atoms with van der Waals surface area (Å²) in [6, 6.07) is 11.4. The average molecular weight is 301 g/mol. The molecule has 1 aromatic heterocycles. The standard InChI is InChI=1S/C16H17ClN4/c1-2-8-21(11-12-4-3-5-14(19)9-12)16-15(17)13(10-18)6-7-20-16/h3-7,9H,2,8,11,19H2,1H3. The van der Waals surface area contributed by atoms with Gasteiger partial charge < -0.3 is 10.6 Å². The molecule has 108 valence electrons. The number of nitrogens with zero attached hydrogens (tertiary/aromatic N) is 3. The van der Waals surface area contributed by atoms with Gasteiger partial charge >= 0.3 is 0 Å². The van der Waals surface area contributed by atoms with Gasteiger partial charge in [0.2, 0.25) is 0 Å². The Morgan fingerprint density at radius 1 is 1.38 bits per heavy atom. The number of hydrogen-bond donors (Lipinski definition) is 1. The molecule has 0 fully saturated rings. The summed E-state index contributed by atoms with van der Waals surface area (Å²) in [5, 5.41) is 9.48. The lowest BCUT2D eigenvalue weighted by atomic mass is 10.2. The number of anilines is 2. The zero-order chi connectivity index (χ0) is 15.2. The second-order valence-corrected chi connectivity index (χ2v) is 5.15. The Hall–Kier alpha value is -2.25. The number of aromatic nitrogens is 1. The fourth-order valence-electron chi connectivity index (χ4n) is 2.18. The molecule has 0 aliphatic rings. The molecule has 0 aliphatic carbocycles. The van der Waals surface area contributed by atoms with Crippen molar-refractivity contribution in [3.05, 3.63) is 52.7 Å². The lowest BCUT2D eigenvalue weighted by molar-refractivity contribution is 0.755. The number of pyridine rings is 1. The normalized spacial score (nSPS) is 10.1. The summed E-state index contributed by atoms with van der Waals surface area (Å²) in [6.45, 7) is 3.55. The fraction of sp³-hybridized carbons (Fsp3) is 0.250. The summed E-state index contributed by atoms with van der Waals surface area (Å²) in [6.07, 6.45) is 2.57. The van der Waals surface area contributed by atoms with E-state index in [1.807, 2.05) is 24.3 Å². The maximum absolute atomic E-state index is 9.08. The van der Waals surface area contributed by atoms with Crippen molar-refractivity contribution in [2.45, 2.75) is 19.9 Å². The maximum Gasteiger partial charge on any atom is 0.149 e. The molecule has 2 N–H and O–H groups in total. The topological polar surface area (TPSA) is 65.9 Å². The van der Waals surface area contributed by atoms with Crippen LogP contribution in [0.2, 0.25) is 5.02 Å². The minimum Gasteiger partial charge on any atom is -0.399 e. The van der Waals surface area contributed by atoms with E-state index in [4.69, 9.17) is 22.6 Å². The summed E-state index contributed by atoms with van der Waals surface area (Å²) < 4.78 is 0. The van der Waals surface area contributed by atoms with Crippen LogP contribution in [0.4, 0.5) is 11.5 Å². The molecule has 0 aliphatic heterocycles. The zero-order valence-electron chi connectivity index (χ0n) is 11.9. The molecule has 0 amide bonds. The van der Waals surface area contributed by atoms with Crippen LogP contribution < -0.4 is 10.6 Å². The van der Waals surface area contributed by atoms with Crippen molar-refractivity contribution in [3.8, 4) is 6.07 Å². The van der Waals surface area contributed by atoms with Crippen LogP contribution in [0.5, 0.6) is 0 Å². The molecule has 0 atom stereocenters. The lowest BCUT2D eigenvalue weighted by Crippen LogP contribution is -2.25. The van der Waals surface area contributed by atoms with Gasteiger partial charge in [-0.15, -0.1) is 0 Å². The summed E-state index contributed by atoms with van der Waals surface area (Å²) in [7, 11) is 0. The summed E-state index contributed by atoms with van der Waals surface area (Å²) >= 11 is 6.29. The molecule has 21 heavy (non-hydrogen) atoms. The third kappa shape index (κ3) is 3.65. The maximum atomic E-state index is 9.08. The summed E-state index contributed by atoms with van der Waals surface area (Å²) in [4.78, 5) is 6.40. The molecule has 0 spiro atoms. The number of nitrogen functional groups attached to an aromatic ring is 1. The highest BCUT2D eigenvalue weighted by molar-refractivity contribution is 6.34. The number of hydrogen-bond acceptors (Lipinski definition) is 4. The van der Waals surface area contributed by atoms with Gasteiger partial charge in [0.05, 0.1) is 5.56 Å². The number of rotatable bonds is 5. The minimum absolute atomic E-state index is 0.400. The Kier molecular flexibility index (Phi) is 5.02. The molecule has 4 nitrogen and oxygen atoms in total. The number of halogens is 1. The van der Waals surface area contributed by atoms with Gasteiger partial charge in [0.15, 0.2) is 0 Å². The fourth-order valence-corrected chi connectivity index (χ4v) is 2.45. The van der Waals surface area contributed by atoms with Crippen LogP contribution >= 0.6 is 11.6 Å². The van der Waals surface area contributed by atoms with Gasteiger partial charge in [-0.3, -0.25) is 0 Å². The van der Waals surface area contributed by atoms with Gasteiger partial charge in [-0.05, 0) is 30.2 Å². The quantitative estimate of drug-likeness (QED) is 0.857. The first-order valence-electron chi connectivity index (χ1n) is 6.79. The van der Waals surface area contributed by atoms with Crippen molar-refractivity contribution < 1.29 is 0 Å². The molecular formula is C16H17ClN4. The Balaban J connectivity index is 2.33. The molecule has 0 unspecified atom stereocenters. The Bertz CT molecular complexity index is 664. The highest BCUT2D eigenvalue weighted by atomic mass is 35.5. The average Bonchev–Trinajstić information content (AvgIpc) is 2.47. The van der Waals surface area contributed by atoms with Gasteiger partial charge in [-0.2, -0.15) is 5.26 Å². The van der Waals surface area contributed by atoms with E-state index in [0.29, 0.717) is 22.9 Å². The third-order valence-corrected chi connectivity index (χ3v) is 3.48. The van der Waals surface area contributed by atoms with Crippen LogP contribution in [0.25, 0.3) is 0 Å². The van der Waals surface area contributed by atoms with E-state index < -0.39 is 0 Å². The molecule has 5 heteroatoms. The summed E-state index contributed by atoms with van der Waals surface area (Å²) in [5.41, 5.74) is 8.08. The minimum atomic E-state index is 0.400. The second kappa shape index (κ2) is 6.96. The van der Waals surface area contributed by atoms with E-state index in [-0.39, 0.29) is 0 Å². The van der Waals surface area contributed by atoms with Gasteiger partial charge in [0, 0.05) is 25.0 Å². The number of nitrogens with two attached hydrogens (primary N) is 1. The molecule has 2 aromatic rings. The smallest absolute Gasteiger partial charge is 0.149 e. The van der Waals surface area contributed by atoms with Crippen molar-refractivity contribution in [2.24, 2.45) is 0 Å². The van der Waals surface area contributed by atoms with Crippen LogP contribution in [0, 0.1) is 11.3 Å². The van der Waals surface area contributed by atoms with Crippen molar-refractivity contribution in [3.63, 3.8) is 0 Å². The lowest BCUT2D eigenvalue weighted by Gasteiger charge is -2.24. The predicted molar refractivity (Wildman–Crippen MR) is 86.2 cm³/mol. The van der Waals surface area contributed by atoms with E-state index in [1.54, 1.807) is 12.3 Å². The van der Waals surface area contributed by atoms with Gasteiger partial charge in [0.25, 0.3) is 0 Å². The Morgan fingerprint density at radius 2 is 2.19 bits per heavy atom. The van der Waals surface area contributed by atoms with Crippen molar-refractivity contribution in [1.82, 2.24) is 4.98 Å². The Morgan fingerprint density at radius 3 is 2.86 bits per heavy atom. The largest absolute Gasteiger partial charge is 0.399 e. The second-order valence-electron chi connectivity index (χ2n) is 4.77. The Labute approximate surface area is 129 Å². The van der Waals surface area contributed by atoms with Crippen molar-refractivity contribution >= 4 is 23.1 Å². The first-order chi connectivity index (χ1) is 10.2. The molecule has 2 rings (SSSR count). The molecule has 0 saturated carbocycles. The molecule has 1 aromatic carbocycles. The van der Waals surface area contributed by atoms with Crippen LogP contribution in [-0.2, 0) is 6.54 Å². The molecule has 1 heterocycles. The molecule has 0 bridgehead atoms. The highest BCUT2D eigenvalue weighted by Crippen LogP contribution is 2.28. The first-order valence-corrected chi connectivity index (χ1v) is 7.17. The monoisotopic (exact) mass is 300 g/mol. The third-order valence-electron chi connectivity index (χ3n) is 3.11. The van der Waals surface area contributed by atoms with Crippen LogP contribution in [0.1, 0.15) is 24.5 Å². The van der Waals surface area contributed by atoms with Crippen LogP contribution in [0.15, 0.2) is 36.5 Å². The van der Waals surface area contributed by atoms with E-state index in [2.05, 4.69) is 22.9 Å². The highest BCUT2D eigenvalue weighted by Gasteiger charge is 2.14. The zero-order valence-corrected chi connectivity index (χ0v) is 12.6. The van der Waals surface area contributed by atoms with Crippen molar-refractivity contribution in [2.75, 3.05) is 17.2 Å². The van der Waals surface area contributed by atoms with Crippen molar-refractivity contribution in [1.29, 1.82) is 5.26 Å². The number of benzene rings is 1. The molecule has 0 saturated heterocycles. The van der Waals surface area contributed by atoms with E-state index in [9.17, 15) is 0 Å². The van der Waals surface area contributed by atoms with E-state index in [1.165, 1.54) is 0 Å². The molecule has 0 radical (unpaired) electrons. The summed E-state index contributed by atoms with van der Waals surface area (Å²) in [5.74, 6) is 0.639. The van der Waals surface area contributed by atoms with E-state index in [0.717, 1.165) is 24.2 Å². The van der Waals surface area contributed by atoms with Crippen LogP contribution in [0.3, 0.4) is 0 Å². The predicted octanol–water partition coefficient (Wildman–Crippen LogP) is 3.61. The van der Waals surface area contributed by atoms with Gasteiger partial charge in [0.1, 0.15) is 16.9 Å².